The third kappa shape index (κ3) is 1.97. The molecular formula is C10H13N7O. The second-order valence-corrected chi connectivity index (χ2v) is 3.83. The molecule has 2 N–H and O–H groups in total. The number of hydrogen-bond donors (Lipinski definition) is 1. The summed E-state index contributed by atoms with van der Waals surface area (Å²) in [6.45, 7) is 2.88. The van der Waals surface area contributed by atoms with Gasteiger partial charge in [0.15, 0.2) is 0 Å². The van der Waals surface area contributed by atoms with E-state index in [1.807, 2.05) is 4.90 Å². The standard InChI is InChI=1S/C10H13N7O/c11-8-14-10(16-4-6-18-7-5-16)15-17(8)9-12-2-1-3-13-9/h1-3H,4-7H2,(H2,11,14,15). The zero-order chi connectivity index (χ0) is 12.4. The van der Waals surface area contributed by atoms with Gasteiger partial charge in [-0.25, -0.2) is 9.97 Å². The third-order valence-corrected chi connectivity index (χ3v) is 2.66. The van der Waals surface area contributed by atoms with E-state index >= 15 is 0 Å². The molecule has 3 rings (SSSR count). The van der Waals surface area contributed by atoms with E-state index in [1.54, 1.807) is 18.5 Å². The summed E-state index contributed by atoms with van der Waals surface area (Å²) in [6, 6.07) is 1.74. The van der Waals surface area contributed by atoms with Crippen LogP contribution in [0.25, 0.3) is 5.95 Å². The molecular weight excluding hydrogens is 234 g/mol. The summed E-state index contributed by atoms with van der Waals surface area (Å²) < 4.78 is 6.72. The number of rotatable bonds is 2. The predicted octanol–water partition coefficient (Wildman–Crippen LogP) is -0.524. The van der Waals surface area contributed by atoms with Gasteiger partial charge in [-0.05, 0) is 6.07 Å². The predicted molar refractivity (Wildman–Crippen MR) is 64.4 cm³/mol. The van der Waals surface area contributed by atoms with Gasteiger partial charge in [-0.1, -0.05) is 0 Å². The van der Waals surface area contributed by atoms with E-state index in [4.69, 9.17) is 10.5 Å². The molecule has 0 atom stereocenters. The Kier molecular flexibility index (Phi) is 2.77. The zero-order valence-electron chi connectivity index (χ0n) is 9.73. The number of nitrogens with zero attached hydrogens (tertiary/aromatic N) is 6. The van der Waals surface area contributed by atoms with Crippen molar-refractivity contribution < 1.29 is 4.74 Å². The molecule has 8 nitrogen and oxygen atoms in total. The van der Waals surface area contributed by atoms with E-state index < -0.39 is 0 Å². The van der Waals surface area contributed by atoms with E-state index in [2.05, 4.69) is 20.1 Å². The molecule has 94 valence electrons. The first-order valence-electron chi connectivity index (χ1n) is 5.67. The van der Waals surface area contributed by atoms with Crippen molar-refractivity contribution in [3.63, 3.8) is 0 Å². The molecule has 1 fully saturated rings. The van der Waals surface area contributed by atoms with Gasteiger partial charge in [0.05, 0.1) is 13.2 Å². The summed E-state index contributed by atoms with van der Waals surface area (Å²) in [6.07, 6.45) is 3.27. The Labute approximate surface area is 103 Å². The molecule has 1 aliphatic rings. The second kappa shape index (κ2) is 4.57. The lowest BCUT2D eigenvalue weighted by Crippen LogP contribution is -2.37. The highest BCUT2D eigenvalue weighted by atomic mass is 16.5. The maximum Gasteiger partial charge on any atom is 0.253 e. The fraction of sp³-hybridized carbons (Fsp3) is 0.400. The Balaban J connectivity index is 1.91. The molecule has 0 unspecified atom stereocenters. The molecule has 3 heterocycles. The second-order valence-electron chi connectivity index (χ2n) is 3.83. The molecule has 0 radical (unpaired) electrons. The van der Waals surface area contributed by atoms with E-state index in [-0.39, 0.29) is 5.95 Å². The lowest BCUT2D eigenvalue weighted by Gasteiger charge is -2.25. The van der Waals surface area contributed by atoms with Crippen molar-refractivity contribution in [2.24, 2.45) is 0 Å². The van der Waals surface area contributed by atoms with Crippen molar-refractivity contribution >= 4 is 11.9 Å². The van der Waals surface area contributed by atoms with E-state index in [0.717, 1.165) is 13.1 Å². The average molecular weight is 247 g/mol. The van der Waals surface area contributed by atoms with Crippen molar-refractivity contribution in [2.75, 3.05) is 36.9 Å². The number of nitrogens with two attached hydrogens (primary N) is 1. The molecule has 18 heavy (non-hydrogen) atoms. The quantitative estimate of drug-likeness (QED) is 0.762. The maximum absolute atomic E-state index is 5.83. The fourth-order valence-corrected chi connectivity index (χ4v) is 1.76. The average Bonchev–Trinajstić information content (AvgIpc) is 2.83. The van der Waals surface area contributed by atoms with Crippen LogP contribution in [-0.4, -0.2) is 51.0 Å². The Hall–Kier alpha value is -2.22. The molecule has 8 heteroatoms. The minimum absolute atomic E-state index is 0.280. The van der Waals surface area contributed by atoms with Crippen molar-refractivity contribution in [3.05, 3.63) is 18.5 Å². The third-order valence-electron chi connectivity index (χ3n) is 2.66. The van der Waals surface area contributed by atoms with Crippen molar-refractivity contribution in [3.8, 4) is 5.95 Å². The molecule has 0 saturated carbocycles. The molecule has 2 aromatic heterocycles. The number of nitrogen functional groups attached to an aromatic ring is 1. The molecule has 0 aliphatic carbocycles. The van der Waals surface area contributed by atoms with Crippen LogP contribution in [0.4, 0.5) is 11.9 Å². The molecule has 0 bridgehead atoms. The highest BCUT2D eigenvalue weighted by Crippen LogP contribution is 2.14. The largest absolute Gasteiger partial charge is 0.378 e. The number of hydrogen-bond acceptors (Lipinski definition) is 7. The summed E-state index contributed by atoms with van der Waals surface area (Å²) in [5, 5.41) is 4.33. The summed E-state index contributed by atoms with van der Waals surface area (Å²) >= 11 is 0. The number of anilines is 2. The van der Waals surface area contributed by atoms with Gasteiger partial charge in [0.2, 0.25) is 11.9 Å². The lowest BCUT2D eigenvalue weighted by atomic mass is 10.4. The number of morpholine rings is 1. The summed E-state index contributed by atoms with van der Waals surface area (Å²) in [4.78, 5) is 14.4. The normalized spacial score (nSPS) is 15.9. The van der Waals surface area contributed by atoms with Gasteiger partial charge < -0.3 is 15.4 Å². The van der Waals surface area contributed by atoms with Gasteiger partial charge in [-0.15, -0.1) is 5.10 Å². The first-order chi connectivity index (χ1) is 8.84. The summed E-state index contributed by atoms with van der Waals surface area (Å²) in [5.41, 5.74) is 5.83. The molecule has 0 spiro atoms. The van der Waals surface area contributed by atoms with Gasteiger partial charge >= 0.3 is 0 Å². The van der Waals surface area contributed by atoms with Crippen LogP contribution in [-0.2, 0) is 4.74 Å². The van der Waals surface area contributed by atoms with Crippen LogP contribution in [0.15, 0.2) is 18.5 Å². The Morgan fingerprint density at radius 3 is 2.56 bits per heavy atom. The maximum atomic E-state index is 5.83. The lowest BCUT2D eigenvalue weighted by molar-refractivity contribution is 0.122. The summed E-state index contributed by atoms with van der Waals surface area (Å²) in [5.74, 6) is 1.29. The minimum Gasteiger partial charge on any atom is -0.378 e. The zero-order valence-corrected chi connectivity index (χ0v) is 9.73. The van der Waals surface area contributed by atoms with Gasteiger partial charge in [0.1, 0.15) is 0 Å². The summed E-state index contributed by atoms with van der Waals surface area (Å²) in [7, 11) is 0. The first kappa shape index (κ1) is 10.9. The molecule has 0 aromatic carbocycles. The van der Waals surface area contributed by atoms with Crippen LogP contribution in [0.2, 0.25) is 0 Å². The highest BCUT2D eigenvalue weighted by Gasteiger charge is 2.18. The highest BCUT2D eigenvalue weighted by molar-refractivity contribution is 5.38. The van der Waals surface area contributed by atoms with E-state index in [1.165, 1.54) is 4.68 Å². The van der Waals surface area contributed by atoms with Crippen LogP contribution >= 0.6 is 0 Å². The Morgan fingerprint density at radius 2 is 1.83 bits per heavy atom. The van der Waals surface area contributed by atoms with Crippen LogP contribution in [0.1, 0.15) is 0 Å². The fourth-order valence-electron chi connectivity index (χ4n) is 1.76. The van der Waals surface area contributed by atoms with Crippen molar-refractivity contribution in [1.29, 1.82) is 0 Å². The topological polar surface area (TPSA) is 95.0 Å². The number of aromatic nitrogens is 5. The monoisotopic (exact) mass is 247 g/mol. The van der Waals surface area contributed by atoms with Gasteiger partial charge in [-0.2, -0.15) is 9.67 Å². The van der Waals surface area contributed by atoms with Crippen molar-refractivity contribution in [2.45, 2.75) is 0 Å². The van der Waals surface area contributed by atoms with Crippen LogP contribution in [0.3, 0.4) is 0 Å². The van der Waals surface area contributed by atoms with Crippen LogP contribution in [0, 0.1) is 0 Å². The Bertz CT molecular complexity index is 520. The minimum atomic E-state index is 0.280. The smallest absolute Gasteiger partial charge is 0.253 e. The van der Waals surface area contributed by atoms with E-state index in [9.17, 15) is 0 Å². The van der Waals surface area contributed by atoms with Crippen LogP contribution < -0.4 is 10.6 Å². The SMILES string of the molecule is Nc1nc(N2CCOCC2)nn1-c1ncccn1. The van der Waals surface area contributed by atoms with E-state index in [0.29, 0.717) is 25.1 Å². The van der Waals surface area contributed by atoms with Gasteiger partial charge in [-0.3, -0.25) is 0 Å². The van der Waals surface area contributed by atoms with Gasteiger partial charge in [0, 0.05) is 25.5 Å². The van der Waals surface area contributed by atoms with Crippen LogP contribution in [0.5, 0.6) is 0 Å². The molecule has 0 amide bonds. The molecule has 1 aliphatic heterocycles. The molecule has 1 saturated heterocycles. The molecule has 2 aromatic rings. The van der Waals surface area contributed by atoms with Crippen molar-refractivity contribution in [1.82, 2.24) is 24.7 Å². The number of ether oxygens (including phenoxy) is 1. The first-order valence-corrected chi connectivity index (χ1v) is 5.67. The Morgan fingerprint density at radius 1 is 1.11 bits per heavy atom. The van der Waals surface area contributed by atoms with Gasteiger partial charge in [0.25, 0.3) is 5.95 Å².